The number of carbonyl (C=O) groups excluding carboxylic acids is 2. The predicted octanol–water partition coefficient (Wildman–Crippen LogP) is 3.27. The van der Waals surface area contributed by atoms with Gasteiger partial charge in [0.1, 0.15) is 5.75 Å². The molecule has 3 rings (SSSR count). The van der Waals surface area contributed by atoms with Gasteiger partial charge in [-0.25, -0.2) is 0 Å². The predicted molar refractivity (Wildman–Crippen MR) is 103 cm³/mol. The minimum Gasteiger partial charge on any atom is -0.484 e. The molecule has 0 radical (unpaired) electrons. The number of amides is 2. The van der Waals surface area contributed by atoms with E-state index in [1.807, 2.05) is 0 Å². The molecule has 0 aromatic heterocycles. The zero-order valence-electron chi connectivity index (χ0n) is 14.7. The number of benzene rings is 2. The van der Waals surface area contributed by atoms with E-state index in [-0.39, 0.29) is 24.5 Å². The third-order valence-corrected chi connectivity index (χ3v) is 4.38. The largest absolute Gasteiger partial charge is 0.484 e. The second-order valence-corrected chi connectivity index (χ2v) is 6.65. The first kappa shape index (κ1) is 19.2. The van der Waals surface area contributed by atoms with Crippen molar-refractivity contribution in [2.24, 2.45) is 0 Å². The van der Waals surface area contributed by atoms with Crippen LogP contribution in [0.1, 0.15) is 23.2 Å². The molecule has 1 atom stereocenters. The van der Waals surface area contributed by atoms with Gasteiger partial charge in [0.15, 0.2) is 6.61 Å². The van der Waals surface area contributed by atoms with Crippen LogP contribution in [0.15, 0.2) is 48.5 Å². The van der Waals surface area contributed by atoms with E-state index in [2.05, 4.69) is 10.6 Å². The molecule has 142 valence electrons. The van der Waals surface area contributed by atoms with Crippen molar-refractivity contribution in [1.29, 1.82) is 0 Å². The van der Waals surface area contributed by atoms with Gasteiger partial charge in [-0.2, -0.15) is 0 Å². The minimum atomic E-state index is -0.291. The summed E-state index contributed by atoms with van der Waals surface area (Å²) in [5.74, 6) is 0.114. The highest BCUT2D eigenvalue weighted by Crippen LogP contribution is 2.16. The quantitative estimate of drug-likeness (QED) is 0.763. The molecular formula is C20H21ClN2O4. The maximum atomic E-state index is 12.1. The normalized spacial score (nSPS) is 16.0. The van der Waals surface area contributed by atoms with Crippen LogP contribution in [0.25, 0.3) is 0 Å². The Balaban J connectivity index is 1.44. The lowest BCUT2D eigenvalue weighted by atomic mass is 10.2. The van der Waals surface area contributed by atoms with Gasteiger partial charge in [0.05, 0.1) is 6.10 Å². The van der Waals surface area contributed by atoms with Crippen LogP contribution in [0.4, 0.5) is 5.69 Å². The number of hydrogen-bond acceptors (Lipinski definition) is 4. The maximum absolute atomic E-state index is 12.1. The highest BCUT2D eigenvalue weighted by molar-refractivity contribution is 6.30. The van der Waals surface area contributed by atoms with E-state index in [0.717, 1.165) is 19.4 Å². The number of hydrogen-bond donors (Lipinski definition) is 2. The molecule has 0 bridgehead atoms. The molecule has 1 heterocycles. The highest BCUT2D eigenvalue weighted by Gasteiger charge is 2.16. The third kappa shape index (κ3) is 5.98. The molecular weight excluding hydrogens is 368 g/mol. The fraction of sp³-hybridized carbons (Fsp3) is 0.300. The Hall–Kier alpha value is -2.57. The molecule has 1 aliphatic rings. The summed E-state index contributed by atoms with van der Waals surface area (Å²) in [7, 11) is 0. The van der Waals surface area contributed by atoms with Crippen LogP contribution in [0, 0.1) is 0 Å². The van der Waals surface area contributed by atoms with Crippen molar-refractivity contribution >= 4 is 29.1 Å². The van der Waals surface area contributed by atoms with E-state index in [0.29, 0.717) is 28.6 Å². The first-order chi connectivity index (χ1) is 13.1. The Morgan fingerprint density at radius 3 is 2.52 bits per heavy atom. The Morgan fingerprint density at radius 2 is 1.85 bits per heavy atom. The fourth-order valence-corrected chi connectivity index (χ4v) is 2.82. The third-order valence-electron chi connectivity index (χ3n) is 4.13. The Morgan fingerprint density at radius 1 is 1.11 bits per heavy atom. The summed E-state index contributed by atoms with van der Waals surface area (Å²) in [6, 6.07) is 13.5. The molecule has 1 aliphatic heterocycles. The molecule has 2 aromatic carbocycles. The van der Waals surface area contributed by atoms with Gasteiger partial charge in [-0.05, 0) is 61.4 Å². The lowest BCUT2D eigenvalue weighted by Crippen LogP contribution is -2.31. The van der Waals surface area contributed by atoms with Crippen molar-refractivity contribution in [3.8, 4) is 5.75 Å². The van der Waals surface area contributed by atoms with Crippen LogP contribution >= 0.6 is 11.6 Å². The summed E-state index contributed by atoms with van der Waals surface area (Å²) < 4.78 is 10.9. The van der Waals surface area contributed by atoms with Crippen molar-refractivity contribution < 1.29 is 19.1 Å². The van der Waals surface area contributed by atoms with Crippen molar-refractivity contribution in [3.05, 3.63) is 59.1 Å². The van der Waals surface area contributed by atoms with Crippen molar-refractivity contribution in [2.75, 3.05) is 25.1 Å². The Kier molecular flexibility index (Phi) is 6.68. The van der Waals surface area contributed by atoms with Crippen LogP contribution in [0.3, 0.4) is 0 Å². The number of halogens is 1. The SMILES string of the molecule is O=C(COc1ccc(Cl)cc1)Nc1ccc(C(=O)NCC2CCCO2)cc1. The summed E-state index contributed by atoms with van der Waals surface area (Å²) in [6.45, 7) is 1.15. The average Bonchev–Trinajstić information content (AvgIpc) is 3.20. The lowest BCUT2D eigenvalue weighted by Gasteiger charge is -2.11. The Bertz CT molecular complexity index is 772. The molecule has 2 aromatic rings. The van der Waals surface area contributed by atoms with E-state index >= 15 is 0 Å². The number of nitrogens with one attached hydrogen (secondary N) is 2. The van der Waals surface area contributed by atoms with Gasteiger partial charge in [-0.3, -0.25) is 9.59 Å². The van der Waals surface area contributed by atoms with Crippen molar-refractivity contribution in [2.45, 2.75) is 18.9 Å². The topological polar surface area (TPSA) is 76.7 Å². The molecule has 7 heteroatoms. The van der Waals surface area contributed by atoms with Gasteiger partial charge >= 0.3 is 0 Å². The molecule has 0 spiro atoms. The molecule has 0 aliphatic carbocycles. The smallest absolute Gasteiger partial charge is 0.262 e. The molecule has 2 amide bonds. The molecule has 1 unspecified atom stereocenters. The summed E-state index contributed by atoms with van der Waals surface area (Å²) in [5.41, 5.74) is 1.12. The molecule has 6 nitrogen and oxygen atoms in total. The van der Waals surface area contributed by atoms with Gasteiger partial charge in [-0.1, -0.05) is 11.6 Å². The van der Waals surface area contributed by atoms with Gasteiger partial charge in [0.2, 0.25) is 0 Å². The highest BCUT2D eigenvalue weighted by atomic mass is 35.5. The minimum absolute atomic E-state index is 0.105. The molecule has 27 heavy (non-hydrogen) atoms. The van der Waals surface area contributed by atoms with E-state index in [1.165, 1.54) is 0 Å². The standard InChI is InChI=1S/C20H21ClN2O4/c21-15-5-9-17(10-6-15)27-13-19(24)23-16-7-3-14(4-8-16)20(25)22-12-18-2-1-11-26-18/h3-10,18H,1-2,11-13H2,(H,22,25)(H,23,24). The molecule has 2 N–H and O–H groups in total. The van der Waals surface area contributed by atoms with Crippen LogP contribution in [0.5, 0.6) is 5.75 Å². The molecule has 1 fully saturated rings. The van der Waals surface area contributed by atoms with Crippen LogP contribution in [-0.2, 0) is 9.53 Å². The monoisotopic (exact) mass is 388 g/mol. The number of anilines is 1. The Labute approximate surface area is 162 Å². The summed E-state index contributed by atoms with van der Waals surface area (Å²) >= 11 is 5.80. The number of ether oxygens (including phenoxy) is 2. The van der Waals surface area contributed by atoms with Gasteiger partial charge < -0.3 is 20.1 Å². The second-order valence-electron chi connectivity index (χ2n) is 6.21. The lowest BCUT2D eigenvalue weighted by molar-refractivity contribution is -0.118. The van der Waals surface area contributed by atoms with Gasteiger partial charge in [0, 0.05) is 29.4 Å². The molecule has 1 saturated heterocycles. The van der Waals surface area contributed by atoms with Crippen LogP contribution in [0.2, 0.25) is 5.02 Å². The van der Waals surface area contributed by atoms with E-state index < -0.39 is 0 Å². The first-order valence-corrected chi connectivity index (χ1v) is 9.16. The summed E-state index contributed by atoms with van der Waals surface area (Å²) in [5, 5.41) is 6.19. The van der Waals surface area contributed by atoms with Crippen LogP contribution < -0.4 is 15.4 Å². The van der Waals surface area contributed by atoms with Crippen molar-refractivity contribution in [3.63, 3.8) is 0 Å². The molecule has 0 saturated carbocycles. The van der Waals surface area contributed by atoms with E-state index in [9.17, 15) is 9.59 Å². The van der Waals surface area contributed by atoms with E-state index in [4.69, 9.17) is 21.1 Å². The van der Waals surface area contributed by atoms with Gasteiger partial charge in [-0.15, -0.1) is 0 Å². The summed E-state index contributed by atoms with van der Waals surface area (Å²) in [4.78, 5) is 24.1. The second kappa shape index (κ2) is 9.39. The van der Waals surface area contributed by atoms with Crippen LogP contribution in [-0.4, -0.2) is 37.7 Å². The van der Waals surface area contributed by atoms with Gasteiger partial charge in [0.25, 0.3) is 11.8 Å². The fourth-order valence-electron chi connectivity index (χ4n) is 2.70. The summed E-state index contributed by atoms with van der Waals surface area (Å²) in [6.07, 6.45) is 2.12. The zero-order valence-corrected chi connectivity index (χ0v) is 15.5. The number of rotatable bonds is 7. The first-order valence-electron chi connectivity index (χ1n) is 8.78. The zero-order chi connectivity index (χ0) is 19.1. The average molecular weight is 389 g/mol. The van der Waals surface area contributed by atoms with E-state index in [1.54, 1.807) is 48.5 Å². The maximum Gasteiger partial charge on any atom is 0.262 e. The van der Waals surface area contributed by atoms with Crippen molar-refractivity contribution in [1.82, 2.24) is 5.32 Å². The number of carbonyl (C=O) groups is 2.